The van der Waals surface area contributed by atoms with Crippen molar-refractivity contribution in [3.05, 3.63) is 35.4 Å². The Kier molecular flexibility index (Phi) is 4.44. The van der Waals surface area contributed by atoms with Crippen molar-refractivity contribution in [2.24, 2.45) is 11.8 Å². The molecule has 120 valence electrons. The van der Waals surface area contributed by atoms with Gasteiger partial charge in [-0.15, -0.1) is 0 Å². The average Bonchev–Trinajstić information content (AvgIpc) is 3.24. The molecule has 1 aromatic rings. The van der Waals surface area contributed by atoms with Crippen LogP contribution in [0, 0.1) is 11.8 Å². The summed E-state index contributed by atoms with van der Waals surface area (Å²) in [5.74, 6) is -2.30. The van der Waals surface area contributed by atoms with Gasteiger partial charge in [0.25, 0.3) is 0 Å². The molecule has 4 nitrogen and oxygen atoms in total. The number of carboxylic acid groups (broad SMARTS) is 1. The van der Waals surface area contributed by atoms with Crippen molar-refractivity contribution in [3.8, 4) is 0 Å². The van der Waals surface area contributed by atoms with Gasteiger partial charge in [-0.3, -0.25) is 9.59 Å². The zero-order valence-electron chi connectivity index (χ0n) is 11.9. The fourth-order valence-electron chi connectivity index (χ4n) is 2.24. The van der Waals surface area contributed by atoms with Gasteiger partial charge in [0.1, 0.15) is 0 Å². The van der Waals surface area contributed by atoms with Crippen molar-refractivity contribution in [2.45, 2.75) is 25.4 Å². The first-order valence-electron chi connectivity index (χ1n) is 6.88. The van der Waals surface area contributed by atoms with Gasteiger partial charge in [-0.1, -0.05) is 19.1 Å². The monoisotopic (exact) mass is 315 g/mol. The van der Waals surface area contributed by atoms with E-state index in [0.29, 0.717) is 12.0 Å². The number of carboxylic acids is 1. The molecule has 1 fully saturated rings. The minimum atomic E-state index is -4.37. The quantitative estimate of drug-likeness (QED) is 0.878. The molecule has 1 aliphatic carbocycles. The second-order valence-electron chi connectivity index (χ2n) is 5.55. The first-order chi connectivity index (χ1) is 10.2. The second kappa shape index (κ2) is 5.98. The SMILES string of the molecule is CC(CNC(=O)C1CC1c1ccc(C(F)(F)F)cc1)C(=O)O. The van der Waals surface area contributed by atoms with E-state index in [1.54, 1.807) is 0 Å². The highest BCUT2D eigenvalue weighted by atomic mass is 19.4. The number of halogens is 3. The predicted octanol–water partition coefficient (Wildman–Crippen LogP) is 2.65. The van der Waals surface area contributed by atoms with Gasteiger partial charge in [0.2, 0.25) is 5.91 Å². The lowest BCUT2D eigenvalue weighted by Gasteiger charge is -2.09. The van der Waals surface area contributed by atoms with Crippen LogP contribution >= 0.6 is 0 Å². The highest BCUT2D eigenvalue weighted by Gasteiger charge is 2.44. The third-order valence-corrected chi connectivity index (χ3v) is 3.80. The summed E-state index contributed by atoms with van der Waals surface area (Å²) in [7, 11) is 0. The van der Waals surface area contributed by atoms with Gasteiger partial charge in [-0.25, -0.2) is 0 Å². The number of carbonyl (C=O) groups excluding carboxylic acids is 1. The Bertz CT molecular complexity index is 568. The van der Waals surface area contributed by atoms with Gasteiger partial charge in [0.05, 0.1) is 11.5 Å². The maximum atomic E-state index is 12.5. The van der Waals surface area contributed by atoms with Crippen LogP contribution in [0.3, 0.4) is 0 Å². The van der Waals surface area contributed by atoms with Crippen LogP contribution in [0.15, 0.2) is 24.3 Å². The molecule has 0 radical (unpaired) electrons. The van der Waals surface area contributed by atoms with Crippen molar-refractivity contribution < 1.29 is 27.9 Å². The molecule has 2 rings (SSSR count). The van der Waals surface area contributed by atoms with Crippen LogP contribution in [-0.2, 0) is 15.8 Å². The number of carbonyl (C=O) groups is 2. The largest absolute Gasteiger partial charge is 0.481 e. The zero-order chi connectivity index (χ0) is 16.5. The molecule has 0 heterocycles. The molecule has 3 atom stereocenters. The first-order valence-corrected chi connectivity index (χ1v) is 6.88. The molecule has 1 aromatic carbocycles. The summed E-state index contributed by atoms with van der Waals surface area (Å²) in [6, 6.07) is 4.80. The van der Waals surface area contributed by atoms with E-state index < -0.39 is 23.6 Å². The molecule has 0 saturated heterocycles. The molecular weight excluding hydrogens is 299 g/mol. The average molecular weight is 315 g/mol. The molecular formula is C15H16F3NO3. The maximum absolute atomic E-state index is 12.5. The van der Waals surface area contributed by atoms with Gasteiger partial charge in [0.15, 0.2) is 0 Å². The lowest BCUT2D eigenvalue weighted by atomic mass is 10.1. The Balaban J connectivity index is 1.89. The number of benzene rings is 1. The fourth-order valence-corrected chi connectivity index (χ4v) is 2.24. The van der Waals surface area contributed by atoms with Crippen LogP contribution in [-0.4, -0.2) is 23.5 Å². The van der Waals surface area contributed by atoms with Crippen LogP contribution < -0.4 is 5.32 Å². The Hall–Kier alpha value is -2.05. The van der Waals surface area contributed by atoms with E-state index in [4.69, 9.17) is 5.11 Å². The number of hydrogen-bond donors (Lipinski definition) is 2. The number of amides is 1. The smallest absolute Gasteiger partial charge is 0.416 e. The molecule has 22 heavy (non-hydrogen) atoms. The van der Waals surface area contributed by atoms with Gasteiger partial charge in [-0.05, 0) is 30.0 Å². The number of nitrogens with one attached hydrogen (secondary N) is 1. The van der Waals surface area contributed by atoms with E-state index in [1.165, 1.54) is 19.1 Å². The van der Waals surface area contributed by atoms with E-state index >= 15 is 0 Å². The molecule has 1 saturated carbocycles. The third kappa shape index (κ3) is 3.78. The molecule has 0 spiro atoms. The van der Waals surface area contributed by atoms with E-state index in [1.807, 2.05) is 0 Å². The van der Waals surface area contributed by atoms with Crippen LogP contribution in [0.1, 0.15) is 30.4 Å². The van der Waals surface area contributed by atoms with Crippen LogP contribution in [0.25, 0.3) is 0 Å². The zero-order valence-corrected chi connectivity index (χ0v) is 11.9. The van der Waals surface area contributed by atoms with E-state index in [2.05, 4.69) is 5.32 Å². The van der Waals surface area contributed by atoms with Crippen LogP contribution in [0.2, 0.25) is 0 Å². The van der Waals surface area contributed by atoms with Crippen molar-refractivity contribution in [1.29, 1.82) is 0 Å². The molecule has 0 aromatic heterocycles. The summed E-state index contributed by atoms with van der Waals surface area (Å²) in [6.07, 6.45) is -3.80. The Labute approximate surface area is 125 Å². The predicted molar refractivity (Wildman–Crippen MR) is 72.1 cm³/mol. The normalized spacial score (nSPS) is 22.0. The topological polar surface area (TPSA) is 66.4 Å². The summed E-state index contributed by atoms with van der Waals surface area (Å²) in [5.41, 5.74) is -0.0207. The summed E-state index contributed by atoms with van der Waals surface area (Å²) >= 11 is 0. The lowest BCUT2D eigenvalue weighted by molar-refractivity contribution is -0.141. The molecule has 7 heteroatoms. The van der Waals surface area contributed by atoms with Crippen LogP contribution in [0.5, 0.6) is 0 Å². The molecule has 2 N–H and O–H groups in total. The molecule has 0 bridgehead atoms. The van der Waals surface area contributed by atoms with E-state index in [-0.39, 0.29) is 24.3 Å². The van der Waals surface area contributed by atoms with E-state index in [9.17, 15) is 22.8 Å². The number of rotatable bonds is 5. The highest BCUT2D eigenvalue weighted by Crippen LogP contribution is 2.47. The number of aliphatic carboxylic acids is 1. The van der Waals surface area contributed by atoms with Crippen LogP contribution in [0.4, 0.5) is 13.2 Å². The molecule has 3 unspecified atom stereocenters. The lowest BCUT2D eigenvalue weighted by Crippen LogP contribution is -2.32. The van der Waals surface area contributed by atoms with Gasteiger partial charge in [-0.2, -0.15) is 13.2 Å². The van der Waals surface area contributed by atoms with Crippen molar-refractivity contribution in [1.82, 2.24) is 5.32 Å². The van der Waals surface area contributed by atoms with Crippen molar-refractivity contribution in [2.75, 3.05) is 6.54 Å². The standard InChI is InChI=1S/C15H16F3NO3/c1-8(14(21)22)7-19-13(20)12-6-11(12)9-2-4-10(5-3-9)15(16,17)18/h2-5,8,11-12H,6-7H2,1H3,(H,19,20)(H,21,22). The summed E-state index contributed by atoms with van der Waals surface area (Å²) in [6.45, 7) is 1.53. The van der Waals surface area contributed by atoms with Crippen molar-refractivity contribution >= 4 is 11.9 Å². The minimum absolute atomic E-state index is 0.0460. The Morgan fingerprint density at radius 1 is 1.32 bits per heavy atom. The minimum Gasteiger partial charge on any atom is -0.481 e. The van der Waals surface area contributed by atoms with Gasteiger partial charge < -0.3 is 10.4 Å². The molecule has 1 aliphatic rings. The first kappa shape index (κ1) is 16.3. The number of alkyl halides is 3. The fraction of sp³-hybridized carbons (Fsp3) is 0.467. The Morgan fingerprint density at radius 2 is 1.91 bits per heavy atom. The molecule has 1 amide bonds. The van der Waals surface area contributed by atoms with Gasteiger partial charge in [0, 0.05) is 12.5 Å². The third-order valence-electron chi connectivity index (χ3n) is 3.80. The maximum Gasteiger partial charge on any atom is 0.416 e. The molecule has 0 aliphatic heterocycles. The Morgan fingerprint density at radius 3 is 2.41 bits per heavy atom. The number of hydrogen-bond acceptors (Lipinski definition) is 2. The summed E-state index contributed by atoms with van der Waals surface area (Å²) in [5, 5.41) is 11.3. The summed E-state index contributed by atoms with van der Waals surface area (Å²) in [4.78, 5) is 22.5. The highest BCUT2D eigenvalue weighted by molar-refractivity contribution is 5.83. The van der Waals surface area contributed by atoms with Crippen molar-refractivity contribution in [3.63, 3.8) is 0 Å². The summed E-state index contributed by atoms with van der Waals surface area (Å²) < 4.78 is 37.4. The van der Waals surface area contributed by atoms with E-state index in [0.717, 1.165) is 12.1 Å². The second-order valence-corrected chi connectivity index (χ2v) is 5.55. The van der Waals surface area contributed by atoms with Gasteiger partial charge >= 0.3 is 12.1 Å².